The summed E-state index contributed by atoms with van der Waals surface area (Å²) in [4.78, 5) is 5.26. The molecular formula is C47H28N2S2. The zero-order valence-corrected chi connectivity index (χ0v) is 29.0. The number of thiazole rings is 1. The number of nitrogens with zero attached hydrogens (tertiary/aromatic N) is 2. The summed E-state index contributed by atoms with van der Waals surface area (Å²) < 4.78 is 6.31. The largest absolute Gasteiger partial charge is 0.309 e. The van der Waals surface area contributed by atoms with E-state index in [1.807, 2.05) is 11.3 Å². The third-order valence-corrected chi connectivity index (χ3v) is 12.6. The first-order valence-corrected chi connectivity index (χ1v) is 18.8. The van der Waals surface area contributed by atoms with Crippen LogP contribution in [0.2, 0.25) is 0 Å². The van der Waals surface area contributed by atoms with E-state index in [-0.39, 0.29) is 0 Å². The monoisotopic (exact) mass is 684 g/mol. The second-order valence-corrected chi connectivity index (χ2v) is 15.2. The van der Waals surface area contributed by atoms with E-state index >= 15 is 0 Å². The minimum absolute atomic E-state index is 1.05. The van der Waals surface area contributed by atoms with E-state index in [1.165, 1.54) is 85.4 Å². The van der Waals surface area contributed by atoms with Crippen molar-refractivity contribution in [1.82, 2.24) is 9.55 Å². The van der Waals surface area contributed by atoms with Gasteiger partial charge in [-0.25, -0.2) is 4.98 Å². The molecule has 0 fully saturated rings. The van der Waals surface area contributed by atoms with E-state index in [0.29, 0.717) is 0 Å². The first-order chi connectivity index (χ1) is 25.3. The van der Waals surface area contributed by atoms with Crippen LogP contribution >= 0.6 is 22.7 Å². The summed E-state index contributed by atoms with van der Waals surface area (Å²) in [5, 5.41) is 8.69. The third-order valence-electron chi connectivity index (χ3n) is 10.2. The average molecular weight is 685 g/mol. The molecule has 0 radical (unpaired) electrons. The van der Waals surface area contributed by atoms with Crippen LogP contribution < -0.4 is 0 Å². The summed E-state index contributed by atoms with van der Waals surface area (Å²) in [6, 6.07) is 61.7. The Morgan fingerprint density at radius 1 is 0.431 bits per heavy atom. The second kappa shape index (κ2) is 11.2. The summed E-state index contributed by atoms with van der Waals surface area (Å²) in [7, 11) is 0. The van der Waals surface area contributed by atoms with E-state index in [2.05, 4.69) is 174 Å². The summed E-state index contributed by atoms with van der Waals surface area (Å²) in [6.07, 6.45) is 0. The van der Waals surface area contributed by atoms with Crippen LogP contribution in [0.5, 0.6) is 0 Å². The molecule has 0 aliphatic heterocycles. The zero-order chi connectivity index (χ0) is 33.5. The van der Waals surface area contributed by atoms with Gasteiger partial charge in [0.1, 0.15) is 5.01 Å². The van der Waals surface area contributed by atoms with Gasteiger partial charge >= 0.3 is 0 Å². The molecule has 0 bridgehead atoms. The maximum atomic E-state index is 5.26. The lowest BCUT2D eigenvalue weighted by atomic mass is 10.0. The van der Waals surface area contributed by atoms with Crippen molar-refractivity contribution in [3.63, 3.8) is 0 Å². The van der Waals surface area contributed by atoms with Crippen LogP contribution in [0.25, 0.3) is 101 Å². The van der Waals surface area contributed by atoms with Gasteiger partial charge in [-0.3, -0.25) is 0 Å². The lowest BCUT2D eigenvalue weighted by Gasteiger charge is -2.10. The van der Waals surface area contributed by atoms with E-state index < -0.39 is 0 Å². The van der Waals surface area contributed by atoms with E-state index in [0.717, 1.165) is 16.1 Å². The molecule has 8 aromatic carbocycles. The number of hydrogen-bond acceptors (Lipinski definition) is 3. The molecule has 4 heteroatoms. The Labute approximate surface area is 302 Å². The zero-order valence-electron chi connectivity index (χ0n) is 27.4. The maximum absolute atomic E-state index is 5.26. The highest BCUT2D eigenvalue weighted by Crippen LogP contribution is 2.47. The molecule has 51 heavy (non-hydrogen) atoms. The number of aromatic nitrogens is 2. The number of hydrogen-bond donors (Lipinski definition) is 0. The van der Waals surface area contributed by atoms with Gasteiger partial charge < -0.3 is 4.57 Å². The molecule has 0 saturated carbocycles. The summed E-state index contributed by atoms with van der Waals surface area (Å²) >= 11 is 3.68. The lowest BCUT2D eigenvalue weighted by Crippen LogP contribution is -1.94. The molecule has 0 saturated heterocycles. The van der Waals surface area contributed by atoms with Gasteiger partial charge in [-0.1, -0.05) is 133 Å². The molecule has 0 spiro atoms. The quantitative estimate of drug-likeness (QED) is 0.180. The maximum Gasteiger partial charge on any atom is 0.124 e. The van der Waals surface area contributed by atoms with E-state index in [9.17, 15) is 0 Å². The van der Waals surface area contributed by atoms with Gasteiger partial charge in [-0.15, -0.1) is 22.7 Å². The van der Waals surface area contributed by atoms with Gasteiger partial charge in [0.05, 0.1) is 21.3 Å². The van der Waals surface area contributed by atoms with E-state index in [1.54, 1.807) is 11.3 Å². The SMILES string of the molecule is c1ccc(-c2cc3nc(-c4ccc(-c5ccc6c7ccccc7n(-c7ccc8ccccc8c7)c6c5)cc4)sc3c3c2sc2ccccc23)cc1. The fraction of sp³-hybridized carbons (Fsp3) is 0. The number of thiophene rings is 1. The Balaban J connectivity index is 1.03. The van der Waals surface area contributed by atoms with Crippen LogP contribution in [0.4, 0.5) is 0 Å². The van der Waals surface area contributed by atoms with Crippen molar-refractivity contribution in [3.05, 3.63) is 170 Å². The molecule has 238 valence electrons. The molecule has 0 N–H and O–H groups in total. The molecule has 11 rings (SSSR count). The lowest BCUT2D eigenvalue weighted by molar-refractivity contribution is 1.19. The molecule has 0 aliphatic rings. The Morgan fingerprint density at radius 2 is 1.14 bits per heavy atom. The third kappa shape index (κ3) is 4.51. The highest BCUT2D eigenvalue weighted by molar-refractivity contribution is 7.28. The van der Waals surface area contributed by atoms with Gasteiger partial charge in [0, 0.05) is 47.8 Å². The predicted molar refractivity (Wildman–Crippen MR) is 221 cm³/mol. The van der Waals surface area contributed by atoms with Gasteiger partial charge in [0.25, 0.3) is 0 Å². The molecule has 3 heterocycles. The first kappa shape index (κ1) is 28.7. The van der Waals surface area contributed by atoms with Crippen molar-refractivity contribution < 1.29 is 0 Å². The Morgan fingerprint density at radius 3 is 2.02 bits per heavy atom. The molecule has 2 nitrogen and oxygen atoms in total. The van der Waals surface area contributed by atoms with Gasteiger partial charge in [-0.2, -0.15) is 0 Å². The fourth-order valence-corrected chi connectivity index (χ4v) is 10.2. The van der Waals surface area contributed by atoms with Gasteiger partial charge in [0.2, 0.25) is 0 Å². The highest BCUT2D eigenvalue weighted by atomic mass is 32.1. The predicted octanol–water partition coefficient (Wildman–Crippen LogP) is 13.9. The Kier molecular flexibility index (Phi) is 6.32. The van der Waals surface area contributed by atoms with Crippen molar-refractivity contribution in [2.45, 2.75) is 0 Å². The number of para-hydroxylation sites is 1. The normalized spacial score (nSPS) is 11.9. The van der Waals surface area contributed by atoms with Crippen LogP contribution in [-0.2, 0) is 0 Å². The topological polar surface area (TPSA) is 17.8 Å². The molecule has 0 amide bonds. The number of fused-ring (bicyclic) bond motifs is 9. The van der Waals surface area contributed by atoms with Crippen LogP contribution in [0.3, 0.4) is 0 Å². The first-order valence-electron chi connectivity index (χ1n) is 17.2. The number of rotatable bonds is 4. The molecule has 0 aliphatic carbocycles. The summed E-state index contributed by atoms with van der Waals surface area (Å²) in [5.41, 5.74) is 10.7. The standard InChI is InChI=1S/C47H28N2S2/c1-2-11-31(12-3-1)39-28-40-46(44-38-15-7-9-17-43(38)50-45(39)44)51-47(48-40)32-20-18-30(19-21-32)34-23-25-37-36-14-6-8-16-41(36)49(42(37)27-34)35-24-22-29-10-4-5-13-33(29)26-35/h1-28H. The molecule has 0 atom stereocenters. The minimum atomic E-state index is 1.05. The second-order valence-electron chi connectivity index (χ2n) is 13.2. The molecule has 0 unspecified atom stereocenters. The Bertz CT molecular complexity index is 3130. The van der Waals surface area contributed by atoms with Crippen molar-refractivity contribution in [1.29, 1.82) is 0 Å². The van der Waals surface area contributed by atoms with Crippen molar-refractivity contribution in [2.75, 3.05) is 0 Å². The van der Waals surface area contributed by atoms with Crippen LogP contribution in [0.1, 0.15) is 0 Å². The smallest absolute Gasteiger partial charge is 0.124 e. The van der Waals surface area contributed by atoms with Crippen LogP contribution in [0.15, 0.2) is 170 Å². The summed E-state index contributed by atoms with van der Waals surface area (Å²) in [5.74, 6) is 0. The van der Waals surface area contributed by atoms with Crippen molar-refractivity contribution >= 4 is 85.6 Å². The molecular weight excluding hydrogens is 657 g/mol. The van der Waals surface area contributed by atoms with Crippen molar-refractivity contribution in [3.8, 4) is 38.5 Å². The highest BCUT2D eigenvalue weighted by Gasteiger charge is 2.19. The minimum Gasteiger partial charge on any atom is -0.309 e. The summed E-state index contributed by atoms with van der Waals surface area (Å²) in [6.45, 7) is 0. The molecule has 3 aromatic heterocycles. The van der Waals surface area contributed by atoms with Gasteiger partial charge in [0.15, 0.2) is 0 Å². The van der Waals surface area contributed by atoms with E-state index in [4.69, 9.17) is 4.98 Å². The van der Waals surface area contributed by atoms with Crippen LogP contribution in [0, 0.1) is 0 Å². The van der Waals surface area contributed by atoms with Gasteiger partial charge in [-0.05, 0) is 63.9 Å². The van der Waals surface area contributed by atoms with Crippen LogP contribution in [-0.4, -0.2) is 9.55 Å². The average Bonchev–Trinajstić information content (AvgIpc) is 3.89. The van der Waals surface area contributed by atoms with Crippen molar-refractivity contribution in [2.24, 2.45) is 0 Å². The fourth-order valence-electron chi connectivity index (χ4n) is 7.78. The Hall–Kier alpha value is -6.07. The molecule has 11 aromatic rings. The number of benzene rings is 8.